The molecule has 2 aromatic rings. The van der Waals surface area contributed by atoms with Crippen molar-refractivity contribution in [3.63, 3.8) is 0 Å². The number of para-hydroxylation sites is 1. The van der Waals surface area contributed by atoms with Crippen molar-refractivity contribution in [3.05, 3.63) is 29.8 Å². The first-order chi connectivity index (χ1) is 8.70. The van der Waals surface area contributed by atoms with Gasteiger partial charge in [0, 0.05) is 6.04 Å². The van der Waals surface area contributed by atoms with Gasteiger partial charge in [0.05, 0.1) is 11.4 Å². The summed E-state index contributed by atoms with van der Waals surface area (Å²) in [6.45, 7) is 2.26. The molecule has 1 saturated carbocycles. The van der Waals surface area contributed by atoms with E-state index in [1.54, 1.807) is 6.07 Å². The van der Waals surface area contributed by atoms with E-state index in [0.29, 0.717) is 17.4 Å². The number of fused-ring (bicyclic) bond motifs is 1. The number of aromatic nitrogens is 2. The van der Waals surface area contributed by atoms with Gasteiger partial charge in [-0.15, -0.1) is 11.6 Å². The smallest absolute Gasteiger partial charge is 0.151 e. The molecule has 3 rings (SSSR count). The molecular formula is C14H16ClFN2. The van der Waals surface area contributed by atoms with E-state index in [1.165, 1.54) is 12.5 Å². The Labute approximate surface area is 111 Å². The van der Waals surface area contributed by atoms with Crippen molar-refractivity contribution in [1.82, 2.24) is 9.55 Å². The van der Waals surface area contributed by atoms with Gasteiger partial charge in [-0.3, -0.25) is 0 Å². The first-order valence-corrected chi connectivity index (χ1v) is 6.95. The van der Waals surface area contributed by atoms with Crippen LogP contribution in [0.25, 0.3) is 11.0 Å². The highest BCUT2D eigenvalue weighted by Crippen LogP contribution is 2.37. The van der Waals surface area contributed by atoms with Gasteiger partial charge in [-0.05, 0) is 37.3 Å². The number of rotatable bonds is 2. The van der Waals surface area contributed by atoms with E-state index >= 15 is 0 Å². The fourth-order valence-corrected chi connectivity index (χ4v) is 3.23. The highest BCUT2D eigenvalue weighted by molar-refractivity contribution is 6.16. The highest BCUT2D eigenvalue weighted by atomic mass is 35.5. The Hall–Kier alpha value is -1.09. The molecule has 18 heavy (non-hydrogen) atoms. The van der Waals surface area contributed by atoms with Gasteiger partial charge in [-0.25, -0.2) is 9.37 Å². The van der Waals surface area contributed by atoms with Crippen LogP contribution >= 0.6 is 11.6 Å². The molecule has 0 N–H and O–H groups in total. The van der Waals surface area contributed by atoms with Crippen LogP contribution < -0.4 is 0 Å². The number of hydrogen-bond donors (Lipinski definition) is 0. The molecule has 2 atom stereocenters. The third-order valence-electron chi connectivity index (χ3n) is 3.90. The standard InChI is InChI=1S/C14H16ClFN2/c1-9-5-6-10(7-9)18-12-4-2-3-11(16)14(12)17-13(18)8-15/h2-4,9-10H,5-8H2,1H3. The Balaban J connectivity index is 2.17. The molecule has 0 saturated heterocycles. The topological polar surface area (TPSA) is 17.8 Å². The molecular weight excluding hydrogens is 251 g/mol. The number of nitrogens with zero attached hydrogens (tertiary/aromatic N) is 2. The molecule has 1 fully saturated rings. The molecule has 0 radical (unpaired) electrons. The minimum absolute atomic E-state index is 0.260. The molecule has 0 bridgehead atoms. The van der Waals surface area contributed by atoms with E-state index in [-0.39, 0.29) is 5.82 Å². The van der Waals surface area contributed by atoms with Crippen LogP contribution in [-0.2, 0) is 5.88 Å². The van der Waals surface area contributed by atoms with E-state index in [9.17, 15) is 4.39 Å². The molecule has 0 spiro atoms. The summed E-state index contributed by atoms with van der Waals surface area (Å²) in [5.74, 6) is 1.59. The highest BCUT2D eigenvalue weighted by Gasteiger charge is 2.26. The molecule has 1 aliphatic carbocycles. The van der Waals surface area contributed by atoms with Crippen LogP contribution in [0.15, 0.2) is 18.2 Å². The molecule has 0 amide bonds. The number of hydrogen-bond acceptors (Lipinski definition) is 1. The summed E-state index contributed by atoms with van der Waals surface area (Å²) in [7, 11) is 0. The Morgan fingerprint density at radius 1 is 1.44 bits per heavy atom. The average molecular weight is 267 g/mol. The van der Waals surface area contributed by atoms with Gasteiger partial charge in [-0.2, -0.15) is 0 Å². The third kappa shape index (κ3) is 1.81. The van der Waals surface area contributed by atoms with Crippen molar-refractivity contribution in [1.29, 1.82) is 0 Å². The monoisotopic (exact) mass is 266 g/mol. The summed E-state index contributed by atoms with van der Waals surface area (Å²) in [6, 6.07) is 5.55. The summed E-state index contributed by atoms with van der Waals surface area (Å²) in [5, 5.41) is 0. The fourth-order valence-electron chi connectivity index (χ4n) is 3.04. The van der Waals surface area contributed by atoms with Crippen molar-refractivity contribution >= 4 is 22.6 Å². The predicted molar refractivity (Wildman–Crippen MR) is 71.3 cm³/mol. The van der Waals surface area contributed by atoms with Crippen LogP contribution in [0.4, 0.5) is 4.39 Å². The van der Waals surface area contributed by atoms with E-state index < -0.39 is 0 Å². The molecule has 1 heterocycles. The quantitative estimate of drug-likeness (QED) is 0.742. The van der Waals surface area contributed by atoms with Crippen LogP contribution in [0, 0.1) is 11.7 Å². The van der Waals surface area contributed by atoms with Gasteiger partial charge in [0.2, 0.25) is 0 Å². The lowest BCUT2D eigenvalue weighted by Crippen LogP contribution is -2.08. The maximum atomic E-state index is 13.8. The van der Waals surface area contributed by atoms with Gasteiger partial charge < -0.3 is 4.57 Å². The summed E-state index contributed by atoms with van der Waals surface area (Å²) in [4.78, 5) is 4.36. The molecule has 1 aromatic carbocycles. The van der Waals surface area contributed by atoms with Gasteiger partial charge in [0.15, 0.2) is 5.82 Å². The second-order valence-corrected chi connectivity index (χ2v) is 5.48. The lowest BCUT2D eigenvalue weighted by molar-refractivity contribution is 0.494. The first-order valence-electron chi connectivity index (χ1n) is 6.42. The fraction of sp³-hybridized carbons (Fsp3) is 0.500. The van der Waals surface area contributed by atoms with Crippen LogP contribution in [0.1, 0.15) is 38.1 Å². The van der Waals surface area contributed by atoms with E-state index in [4.69, 9.17) is 11.6 Å². The number of alkyl halides is 1. The van der Waals surface area contributed by atoms with Crippen LogP contribution in [0.3, 0.4) is 0 Å². The predicted octanol–water partition coefficient (Wildman–Crippen LogP) is 4.28. The first kappa shape index (κ1) is 12.0. The molecule has 2 unspecified atom stereocenters. The van der Waals surface area contributed by atoms with E-state index in [0.717, 1.165) is 30.1 Å². The third-order valence-corrected chi connectivity index (χ3v) is 4.13. The summed E-state index contributed by atoms with van der Waals surface area (Å²) < 4.78 is 15.9. The summed E-state index contributed by atoms with van der Waals surface area (Å²) >= 11 is 5.96. The van der Waals surface area contributed by atoms with Crippen molar-refractivity contribution in [3.8, 4) is 0 Å². The van der Waals surface area contributed by atoms with Crippen LogP contribution in [0.2, 0.25) is 0 Å². The van der Waals surface area contributed by atoms with Crippen molar-refractivity contribution in [2.75, 3.05) is 0 Å². The van der Waals surface area contributed by atoms with E-state index in [2.05, 4.69) is 16.5 Å². The van der Waals surface area contributed by atoms with Crippen molar-refractivity contribution < 1.29 is 4.39 Å². The second-order valence-electron chi connectivity index (χ2n) is 5.21. The molecule has 2 nitrogen and oxygen atoms in total. The van der Waals surface area contributed by atoms with Gasteiger partial charge in [-0.1, -0.05) is 13.0 Å². The minimum atomic E-state index is -0.260. The van der Waals surface area contributed by atoms with Gasteiger partial charge >= 0.3 is 0 Å². The van der Waals surface area contributed by atoms with Crippen LogP contribution in [-0.4, -0.2) is 9.55 Å². The number of imidazole rings is 1. The second kappa shape index (κ2) is 4.54. The largest absolute Gasteiger partial charge is 0.324 e. The van der Waals surface area contributed by atoms with E-state index in [1.807, 2.05) is 6.07 Å². The minimum Gasteiger partial charge on any atom is -0.324 e. The van der Waals surface area contributed by atoms with Crippen molar-refractivity contribution in [2.24, 2.45) is 5.92 Å². The lowest BCUT2D eigenvalue weighted by Gasteiger charge is -2.15. The Morgan fingerprint density at radius 2 is 2.28 bits per heavy atom. The molecule has 4 heteroatoms. The summed E-state index contributed by atoms with van der Waals surface area (Å²) in [5.41, 5.74) is 1.33. The molecule has 1 aromatic heterocycles. The normalized spacial score (nSPS) is 23.9. The summed E-state index contributed by atoms with van der Waals surface area (Å²) in [6.07, 6.45) is 3.49. The van der Waals surface area contributed by atoms with Gasteiger partial charge in [0.1, 0.15) is 11.3 Å². The average Bonchev–Trinajstić information content (AvgIpc) is 2.93. The Bertz CT molecular complexity index is 578. The zero-order chi connectivity index (χ0) is 12.7. The maximum Gasteiger partial charge on any atom is 0.151 e. The van der Waals surface area contributed by atoms with Crippen molar-refractivity contribution in [2.45, 2.75) is 38.1 Å². The SMILES string of the molecule is CC1CCC(n2c(CCl)nc3c(F)cccc32)C1. The Kier molecular flexibility index (Phi) is 3.02. The Morgan fingerprint density at radius 3 is 2.94 bits per heavy atom. The zero-order valence-electron chi connectivity index (χ0n) is 10.4. The maximum absolute atomic E-state index is 13.8. The molecule has 96 valence electrons. The molecule has 0 aliphatic heterocycles. The lowest BCUT2D eigenvalue weighted by atomic mass is 10.1. The van der Waals surface area contributed by atoms with Crippen LogP contribution in [0.5, 0.6) is 0 Å². The number of benzene rings is 1. The number of halogens is 2. The van der Waals surface area contributed by atoms with Gasteiger partial charge in [0.25, 0.3) is 0 Å². The zero-order valence-corrected chi connectivity index (χ0v) is 11.1. The molecule has 1 aliphatic rings.